The molecule has 1 N–H and O–H groups in total. The van der Waals surface area contributed by atoms with Gasteiger partial charge in [-0.3, -0.25) is 0 Å². The molecule has 0 unspecified atom stereocenters. The second kappa shape index (κ2) is 3.61. The molecule has 2 aromatic rings. The third-order valence-electron chi connectivity index (χ3n) is 1.74. The van der Waals surface area contributed by atoms with Gasteiger partial charge in [-0.2, -0.15) is 0 Å². The van der Waals surface area contributed by atoms with Gasteiger partial charge < -0.3 is 5.32 Å². The average Bonchev–Trinajstić information content (AvgIpc) is 2.45. The summed E-state index contributed by atoms with van der Waals surface area (Å²) in [6.07, 6.45) is 1.70. The number of halogens is 1. The summed E-state index contributed by atoms with van der Waals surface area (Å²) < 4.78 is 1.06. The molecule has 0 amide bonds. The molecular formula is C10H12ClN3S. The summed E-state index contributed by atoms with van der Waals surface area (Å²) in [4.78, 5) is 8.41. The lowest BCUT2D eigenvalue weighted by Crippen LogP contribution is -2.25. The van der Waals surface area contributed by atoms with E-state index in [0.717, 1.165) is 15.3 Å². The molecule has 0 fully saturated rings. The van der Waals surface area contributed by atoms with Crippen molar-refractivity contribution in [2.45, 2.75) is 26.3 Å². The van der Waals surface area contributed by atoms with Crippen molar-refractivity contribution in [1.29, 1.82) is 0 Å². The van der Waals surface area contributed by atoms with Crippen LogP contribution in [0.1, 0.15) is 20.8 Å². The van der Waals surface area contributed by atoms with Crippen molar-refractivity contribution >= 4 is 38.3 Å². The molecule has 3 nitrogen and oxygen atoms in total. The van der Waals surface area contributed by atoms with Crippen LogP contribution in [0.3, 0.4) is 0 Å². The zero-order chi connectivity index (χ0) is 11.1. The Hall–Kier alpha value is -0.870. The fraction of sp³-hybridized carbons (Fsp3) is 0.400. The van der Waals surface area contributed by atoms with Gasteiger partial charge in [0.1, 0.15) is 5.52 Å². The molecule has 0 aliphatic heterocycles. The number of rotatable bonds is 1. The number of nitrogens with one attached hydrogen (secondary N) is 1. The van der Waals surface area contributed by atoms with E-state index in [-0.39, 0.29) is 5.54 Å². The minimum atomic E-state index is 0.00772. The van der Waals surface area contributed by atoms with E-state index in [2.05, 4.69) is 36.1 Å². The predicted molar refractivity (Wildman–Crippen MR) is 65.8 cm³/mol. The standard InChI is InChI=1S/C10H12ClN3S/c1-10(2,3)14-9-13-7-6(15-9)4-5-12-8(7)11/h4-5H,1-3H3,(H,13,14). The van der Waals surface area contributed by atoms with Crippen LogP contribution in [0.2, 0.25) is 5.15 Å². The first-order valence-corrected chi connectivity index (χ1v) is 5.84. The van der Waals surface area contributed by atoms with Crippen molar-refractivity contribution in [3.05, 3.63) is 17.4 Å². The van der Waals surface area contributed by atoms with Crippen molar-refractivity contribution < 1.29 is 0 Å². The molecule has 2 heterocycles. The Morgan fingerprint density at radius 3 is 2.73 bits per heavy atom. The number of hydrogen-bond donors (Lipinski definition) is 1. The van der Waals surface area contributed by atoms with Crippen LogP contribution in [0.5, 0.6) is 0 Å². The van der Waals surface area contributed by atoms with Gasteiger partial charge in [0.2, 0.25) is 0 Å². The van der Waals surface area contributed by atoms with Gasteiger partial charge in [0.15, 0.2) is 10.3 Å². The fourth-order valence-electron chi connectivity index (χ4n) is 1.20. The Bertz CT molecular complexity index is 487. The van der Waals surface area contributed by atoms with Gasteiger partial charge in [-0.25, -0.2) is 9.97 Å². The Morgan fingerprint density at radius 2 is 2.13 bits per heavy atom. The zero-order valence-electron chi connectivity index (χ0n) is 8.84. The van der Waals surface area contributed by atoms with Crippen LogP contribution < -0.4 is 5.32 Å². The molecule has 0 aromatic carbocycles. The topological polar surface area (TPSA) is 37.8 Å². The molecule has 0 bridgehead atoms. The van der Waals surface area contributed by atoms with Crippen LogP contribution in [0.15, 0.2) is 12.3 Å². The third kappa shape index (κ3) is 2.38. The summed E-state index contributed by atoms with van der Waals surface area (Å²) in [5.74, 6) is 0. The highest BCUT2D eigenvalue weighted by Crippen LogP contribution is 2.30. The SMILES string of the molecule is CC(C)(C)Nc1nc2c(Cl)nccc2s1. The fourth-order valence-corrected chi connectivity index (χ4v) is 2.53. The number of pyridine rings is 1. The molecular weight excluding hydrogens is 230 g/mol. The first-order valence-electron chi connectivity index (χ1n) is 4.65. The minimum absolute atomic E-state index is 0.00772. The van der Waals surface area contributed by atoms with Crippen molar-refractivity contribution in [3.8, 4) is 0 Å². The molecule has 0 spiro atoms. The second-order valence-electron chi connectivity index (χ2n) is 4.34. The van der Waals surface area contributed by atoms with E-state index in [1.165, 1.54) is 0 Å². The Balaban J connectivity index is 2.44. The molecule has 0 aliphatic rings. The summed E-state index contributed by atoms with van der Waals surface area (Å²) in [5.41, 5.74) is 0.782. The van der Waals surface area contributed by atoms with Crippen LogP contribution >= 0.6 is 22.9 Å². The molecule has 0 aliphatic carbocycles. The maximum atomic E-state index is 5.95. The number of hydrogen-bond acceptors (Lipinski definition) is 4. The van der Waals surface area contributed by atoms with Crippen molar-refractivity contribution in [3.63, 3.8) is 0 Å². The molecule has 80 valence electrons. The molecule has 5 heteroatoms. The van der Waals surface area contributed by atoms with Gasteiger partial charge in [-0.05, 0) is 26.8 Å². The molecule has 0 saturated heterocycles. The lowest BCUT2D eigenvalue weighted by Gasteiger charge is -2.19. The minimum Gasteiger partial charge on any atom is -0.357 e. The number of thiazole rings is 1. The van der Waals surface area contributed by atoms with Crippen LogP contribution in [0.4, 0.5) is 5.13 Å². The summed E-state index contributed by atoms with van der Waals surface area (Å²) in [5, 5.41) is 4.66. The number of aromatic nitrogens is 2. The summed E-state index contributed by atoms with van der Waals surface area (Å²) >= 11 is 7.54. The molecule has 0 radical (unpaired) electrons. The highest BCUT2D eigenvalue weighted by Gasteiger charge is 2.13. The molecule has 15 heavy (non-hydrogen) atoms. The average molecular weight is 242 g/mol. The third-order valence-corrected chi connectivity index (χ3v) is 2.96. The van der Waals surface area contributed by atoms with Crippen molar-refractivity contribution in [1.82, 2.24) is 9.97 Å². The quantitative estimate of drug-likeness (QED) is 0.776. The van der Waals surface area contributed by atoms with Crippen LogP contribution in [0, 0.1) is 0 Å². The monoisotopic (exact) mass is 241 g/mol. The smallest absolute Gasteiger partial charge is 0.184 e. The van der Waals surface area contributed by atoms with E-state index < -0.39 is 0 Å². The summed E-state index contributed by atoms with van der Waals surface area (Å²) in [6, 6.07) is 1.92. The van der Waals surface area contributed by atoms with E-state index in [1.807, 2.05) is 6.07 Å². The first-order chi connectivity index (χ1) is 6.96. The normalized spacial score (nSPS) is 12.0. The van der Waals surface area contributed by atoms with Gasteiger partial charge in [0, 0.05) is 11.7 Å². The van der Waals surface area contributed by atoms with Crippen LogP contribution in [-0.4, -0.2) is 15.5 Å². The highest BCUT2D eigenvalue weighted by atomic mass is 35.5. The van der Waals surface area contributed by atoms with Gasteiger partial charge in [0.25, 0.3) is 0 Å². The van der Waals surface area contributed by atoms with Gasteiger partial charge >= 0.3 is 0 Å². The zero-order valence-corrected chi connectivity index (χ0v) is 10.4. The maximum absolute atomic E-state index is 5.95. The van der Waals surface area contributed by atoms with Crippen LogP contribution in [0.25, 0.3) is 10.2 Å². The van der Waals surface area contributed by atoms with Gasteiger partial charge in [0.05, 0.1) is 4.70 Å². The van der Waals surface area contributed by atoms with E-state index >= 15 is 0 Å². The Morgan fingerprint density at radius 1 is 1.40 bits per heavy atom. The number of fused-ring (bicyclic) bond motifs is 1. The molecule has 0 saturated carbocycles. The summed E-state index contributed by atoms with van der Waals surface area (Å²) in [6.45, 7) is 6.29. The predicted octanol–water partition coefficient (Wildman–Crippen LogP) is 3.56. The van der Waals surface area contributed by atoms with E-state index in [0.29, 0.717) is 5.15 Å². The summed E-state index contributed by atoms with van der Waals surface area (Å²) in [7, 11) is 0. The largest absolute Gasteiger partial charge is 0.357 e. The second-order valence-corrected chi connectivity index (χ2v) is 5.73. The highest BCUT2D eigenvalue weighted by molar-refractivity contribution is 7.22. The van der Waals surface area contributed by atoms with Crippen LogP contribution in [-0.2, 0) is 0 Å². The van der Waals surface area contributed by atoms with Gasteiger partial charge in [-0.1, -0.05) is 22.9 Å². The molecule has 2 aromatic heterocycles. The van der Waals surface area contributed by atoms with E-state index in [4.69, 9.17) is 11.6 Å². The lowest BCUT2D eigenvalue weighted by molar-refractivity contribution is 0.633. The maximum Gasteiger partial charge on any atom is 0.184 e. The molecule has 0 atom stereocenters. The van der Waals surface area contributed by atoms with E-state index in [1.54, 1.807) is 17.5 Å². The lowest BCUT2D eigenvalue weighted by atomic mass is 10.1. The Labute approximate surface area is 97.5 Å². The van der Waals surface area contributed by atoms with E-state index in [9.17, 15) is 0 Å². The molecule has 2 rings (SSSR count). The number of nitrogens with zero attached hydrogens (tertiary/aromatic N) is 2. The van der Waals surface area contributed by atoms with Gasteiger partial charge in [-0.15, -0.1) is 0 Å². The first kappa shape index (κ1) is 10.6. The Kier molecular flexibility index (Phi) is 2.56. The number of anilines is 1. The van der Waals surface area contributed by atoms with Crippen molar-refractivity contribution in [2.24, 2.45) is 0 Å². The van der Waals surface area contributed by atoms with Crippen molar-refractivity contribution in [2.75, 3.05) is 5.32 Å².